The number of phenols is 1. The van der Waals surface area contributed by atoms with Crippen molar-refractivity contribution in [2.45, 2.75) is 294 Å². The van der Waals surface area contributed by atoms with Crippen LogP contribution in [0.3, 0.4) is 0 Å². The molecule has 17 amide bonds. The number of carbonyl (C=O) groups excluding carboxylic acids is 17. The highest BCUT2D eigenvalue weighted by molar-refractivity contribution is 6.02. The predicted molar refractivity (Wildman–Crippen MR) is 499 cm³/mol. The molecule has 0 saturated carbocycles. The van der Waals surface area contributed by atoms with Gasteiger partial charge in [0.15, 0.2) is 11.9 Å². The van der Waals surface area contributed by atoms with Crippen molar-refractivity contribution >= 4 is 130 Å². The van der Waals surface area contributed by atoms with E-state index in [0.717, 1.165) is 13.8 Å². The number of hydrogen-bond donors (Lipinski definition) is 28. The fourth-order valence-corrected chi connectivity index (χ4v) is 15.2. The highest BCUT2D eigenvalue weighted by atomic mass is 16.4. The molecule has 0 bridgehead atoms. The molecule has 2 aliphatic rings. The van der Waals surface area contributed by atoms with E-state index < -0.39 is 301 Å². The first-order valence-corrected chi connectivity index (χ1v) is 46.1. The van der Waals surface area contributed by atoms with Crippen molar-refractivity contribution < 1.29 is 127 Å². The lowest BCUT2D eigenvalue weighted by Crippen LogP contribution is -2.63. The molecule has 772 valence electrons. The summed E-state index contributed by atoms with van der Waals surface area (Å²) in [6.07, 6.45) is -6.98. The maximum absolute atomic E-state index is 14.8. The van der Waals surface area contributed by atoms with Gasteiger partial charge >= 0.3 is 17.9 Å². The number of aliphatic hydroxyl groups excluding tert-OH is 2. The average molecular weight is 1960 g/mol. The number of nitrogens with zero attached hydrogens (tertiary/aromatic N) is 2. The molecule has 2 aromatic carbocycles. The molecular weight excluding hydrogens is 1820 g/mol. The van der Waals surface area contributed by atoms with Gasteiger partial charge in [-0.15, -0.1) is 0 Å². The molecule has 2 saturated heterocycles. The van der Waals surface area contributed by atoms with Gasteiger partial charge in [0.2, 0.25) is 100 Å². The van der Waals surface area contributed by atoms with Gasteiger partial charge < -0.3 is 148 Å². The van der Waals surface area contributed by atoms with Gasteiger partial charge in [0.1, 0.15) is 96.4 Å². The molecule has 50 nitrogen and oxygen atoms in total. The van der Waals surface area contributed by atoms with Crippen LogP contribution in [-0.4, -0.2) is 312 Å². The second-order valence-electron chi connectivity index (χ2n) is 36.1. The van der Waals surface area contributed by atoms with Crippen LogP contribution in [-0.2, 0) is 109 Å². The number of guanidine groups is 2. The standard InChI is InChI=1S/C89H140N24O26/c1-43(2)37-58(105-77(128)60(41-67(121)122)106-79(130)63-24-18-36-113(63)86(137)53(90)39-51-25-27-52(116)28-26-51)76(127)102-54(21-15-33-96-88(92)93)73(124)101-55(22-16-34-97-89(94)95)75(126)108-68(45(5)6)82(133)103-57(30-32-66(119)120)74(125)104-59(38-44(3)4)78(129)110-71(49(11)115)84(135)109-69(46(7)8)83(134)111-70(48(10)114)81(132)98-42-65(118)100-56(29-31-64(91)117)72(123)99-47(9)85(136)112-35-17-23-62(112)80(131)107-61(87(138)139)40-50-19-13-12-14-20-50/h12-14,19-20,25-28,43-49,53-63,68-71,114-116H,15-18,21-24,29-42,90H2,1-11H3,(H2,91,117)(H,98,132)(H,99,123)(H,100,118)(H,101,124)(H,102,127)(H,103,133)(H,104,125)(H,105,128)(H,106,130)(H,107,131)(H,108,126)(H,109,135)(H,110,129)(H,111,134)(H,119,120)(H,121,122)(H,138,139)(H4,92,93,96)(H4,94,95,97)/t47-,48+,49+,53-,54-,55-,56-,57-,58-,59-,60-,61-,62-,63-,68-,69-,70-,71-/m0/s1. The van der Waals surface area contributed by atoms with Gasteiger partial charge in [-0.05, 0) is 151 Å². The van der Waals surface area contributed by atoms with Crippen LogP contribution < -0.4 is 108 Å². The minimum atomic E-state index is -1.96. The molecule has 0 aliphatic carbocycles. The molecule has 139 heavy (non-hydrogen) atoms. The molecule has 2 aromatic rings. The lowest BCUT2D eigenvalue weighted by atomic mass is 9.99. The number of hydrogen-bond acceptors (Lipinski definition) is 26. The van der Waals surface area contributed by atoms with Gasteiger partial charge in [-0.1, -0.05) is 97.9 Å². The van der Waals surface area contributed by atoms with E-state index in [9.17, 15) is 127 Å². The number of rotatable bonds is 59. The Bertz CT molecular complexity index is 4620. The third-order valence-electron chi connectivity index (χ3n) is 22.6. The Labute approximate surface area is 804 Å². The quantitative estimate of drug-likeness (QED) is 0.0166. The SMILES string of the molecule is CC(C)C[C@H](NC(=O)[C@H](CC(=O)O)NC(=O)[C@@H]1CCCN1C(=O)[C@@H](N)Cc1ccc(O)cc1)C(=O)N[C@@H](CCCNC(=N)N)C(=O)N[C@@H](CCCNC(=N)N)C(=O)N[C@H](C(=O)N[C@@H](CCC(=O)O)C(=O)N[C@@H](CC(C)C)C(=O)N[C@H](C(=O)N[C@H](C(=O)N[C@H](C(=O)NCC(=O)N[C@@H](CCC(N)=O)C(=O)N[C@@H](C)C(=O)N1CCC[C@H]1C(=O)N[C@@H](Cc1ccccc1)C(=O)O)[C@@H](C)O)C(C)C)[C@@H](C)O)C(C)C. The number of phenolic OH excluding ortho intramolecular Hbond substituents is 1. The largest absolute Gasteiger partial charge is 0.508 e. The molecule has 32 N–H and O–H groups in total. The third-order valence-corrected chi connectivity index (χ3v) is 22.6. The van der Waals surface area contributed by atoms with Crippen molar-refractivity contribution in [2.75, 3.05) is 32.7 Å². The van der Waals surface area contributed by atoms with Gasteiger partial charge in [0.25, 0.3) is 0 Å². The summed E-state index contributed by atoms with van der Waals surface area (Å²) in [6, 6.07) is -10.6. The van der Waals surface area contributed by atoms with Gasteiger partial charge in [-0.25, -0.2) is 4.79 Å². The first-order valence-electron chi connectivity index (χ1n) is 46.1. The van der Waals surface area contributed by atoms with Gasteiger partial charge in [0, 0.05) is 45.4 Å². The van der Waals surface area contributed by atoms with Gasteiger partial charge in [-0.3, -0.25) is 102 Å². The molecule has 50 heteroatoms. The van der Waals surface area contributed by atoms with Gasteiger partial charge in [-0.2, -0.15) is 0 Å². The molecule has 4 rings (SSSR count). The molecule has 0 unspecified atom stereocenters. The van der Waals surface area contributed by atoms with E-state index in [0.29, 0.717) is 24.0 Å². The summed E-state index contributed by atoms with van der Waals surface area (Å²) in [7, 11) is 0. The molecule has 2 heterocycles. The Morgan fingerprint density at radius 3 is 1.24 bits per heavy atom. The van der Waals surface area contributed by atoms with Crippen molar-refractivity contribution in [3.05, 3.63) is 65.7 Å². The zero-order valence-electron chi connectivity index (χ0n) is 80.0. The van der Waals surface area contributed by atoms with Gasteiger partial charge in [0.05, 0.1) is 31.2 Å². The molecule has 2 fully saturated rings. The molecular formula is C89H140N24O26. The third kappa shape index (κ3) is 40.7. The summed E-state index contributed by atoms with van der Waals surface area (Å²) in [6.45, 7) is 14.9. The zero-order chi connectivity index (χ0) is 105. The Morgan fingerprint density at radius 1 is 0.403 bits per heavy atom. The summed E-state index contributed by atoms with van der Waals surface area (Å²) in [5.41, 5.74) is 24.0. The monoisotopic (exact) mass is 1960 g/mol. The Balaban J connectivity index is 1.51. The van der Waals surface area contributed by atoms with E-state index in [-0.39, 0.29) is 96.1 Å². The molecule has 18 atom stereocenters. The minimum Gasteiger partial charge on any atom is -0.508 e. The lowest BCUT2D eigenvalue weighted by molar-refractivity contribution is -0.145. The fraction of sp³-hybridized carbons (Fsp3) is 0.618. The second-order valence-corrected chi connectivity index (χ2v) is 36.1. The highest BCUT2D eigenvalue weighted by Crippen LogP contribution is 2.24. The van der Waals surface area contributed by atoms with Crippen molar-refractivity contribution in [2.24, 2.45) is 46.6 Å². The van der Waals surface area contributed by atoms with E-state index in [1.54, 1.807) is 70.2 Å². The smallest absolute Gasteiger partial charge is 0.326 e. The van der Waals surface area contributed by atoms with E-state index in [2.05, 4.69) is 85.1 Å². The highest BCUT2D eigenvalue weighted by Gasteiger charge is 2.44. The topological polar surface area (TPSA) is 814 Å². The van der Waals surface area contributed by atoms with Crippen molar-refractivity contribution in [1.82, 2.24) is 94.9 Å². The summed E-state index contributed by atoms with van der Waals surface area (Å²) in [5, 5.41) is 116. The number of likely N-dealkylation sites (tertiary alicyclic amines) is 2. The summed E-state index contributed by atoms with van der Waals surface area (Å²) < 4.78 is 0. The number of primary amides is 1. The first-order chi connectivity index (χ1) is 65.2. The molecule has 0 aromatic heterocycles. The fourth-order valence-electron chi connectivity index (χ4n) is 15.2. The molecule has 2 aliphatic heterocycles. The first kappa shape index (κ1) is 117. The molecule has 0 spiro atoms. The van der Waals surface area contributed by atoms with Crippen molar-refractivity contribution in [3.63, 3.8) is 0 Å². The Morgan fingerprint density at radius 2 is 0.784 bits per heavy atom. The number of carbonyl (C=O) groups is 20. The van der Waals surface area contributed by atoms with E-state index in [1.807, 2.05) is 0 Å². The number of carboxylic acids is 3. The van der Waals surface area contributed by atoms with Crippen LogP contribution in [0.1, 0.15) is 184 Å². The van der Waals surface area contributed by atoms with Crippen molar-refractivity contribution in [3.8, 4) is 5.75 Å². The second kappa shape index (κ2) is 57.9. The Hall–Kier alpha value is -13.9. The maximum Gasteiger partial charge on any atom is 0.326 e. The van der Waals surface area contributed by atoms with Crippen molar-refractivity contribution in [1.29, 1.82) is 10.8 Å². The number of aliphatic carboxylic acids is 3. The number of carboxylic acid groups (broad SMARTS) is 3. The minimum absolute atomic E-state index is 0.0113. The van der Waals surface area contributed by atoms with E-state index >= 15 is 0 Å². The molecule has 0 radical (unpaired) electrons. The van der Waals surface area contributed by atoms with E-state index in [4.69, 9.17) is 33.8 Å². The Kier molecular flexibility index (Phi) is 48.9. The number of aliphatic hydroxyl groups is 2. The van der Waals surface area contributed by atoms with Crippen LogP contribution in [0.2, 0.25) is 0 Å². The average Bonchev–Trinajstić information content (AvgIpc) is 1.70. The number of benzene rings is 2. The number of nitrogens with two attached hydrogens (primary N) is 4. The number of nitrogens with one attached hydrogen (secondary N) is 18. The summed E-state index contributed by atoms with van der Waals surface area (Å²) in [4.78, 5) is 278. The summed E-state index contributed by atoms with van der Waals surface area (Å²) >= 11 is 0. The number of aromatic hydroxyl groups is 1. The van der Waals surface area contributed by atoms with Crippen LogP contribution in [0, 0.1) is 34.5 Å². The van der Waals surface area contributed by atoms with Crippen LogP contribution in [0.4, 0.5) is 0 Å². The lowest BCUT2D eigenvalue weighted by Gasteiger charge is -2.30. The maximum atomic E-state index is 14.8. The predicted octanol–water partition coefficient (Wildman–Crippen LogP) is -6.69. The van der Waals surface area contributed by atoms with Crippen LogP contribution >= 0.6 is 0 Å². The van der Waals surface area contributed by atoms with E-state index in [1.165, 1.54) is 56.6 Å². The number of amides is 17. The normalized spacial score (nSPS) is 16.9. The van der Waals surface area contributed by atoms with Crippen LogP contribution in [0.25, 0.3) is 0 Å². The van der Waals surface area contributed by atoms with Crippen LogP contribution in [0.15, 0.2) is 54.6 Å². The zero-order valence-corrected chi connectivity index (χ0v) is 80.0. The summed E-state index contributed by atoms with van der Waals surface area (Å²) in [5.74, 6) is -25.2. The van der Waals surface area contributed by atoms with Crippen LogP contribution in [0.5, 0.6) is 5.75 Å².